The van der Waals surface area contributed by atoms with Gasteiger partial charge in [-0.25, -0.2) is 9.97 Å². The van der Waals surface area contributed by atoms with E-state index in [0.29, 0.717) is 0 Å². The van der Waals surface area contributed by atoms with Crippen molar-refractivity contribution in [1.29, 1.82) is 0 Å². The Kier molecular flexibility index (Phi) is 2.63. The van der Waals surface area contributed by atoms with Crippen LogP contribution in [0.2, 0.25) is 0 Å². The first kappa shape index (κ1) is 9.40. The van der Waals surface area contributed by atoms with Gasteiger partial charge in [0.25, 0.3) is 0 Å². The Balaban J connectivity index is 2.22. The van der Waals surface area contributed by atoms with Crippen LogP contribution in [-0.4, -0.2) is 28.2 Å². The van der Waals surface area contributed by atoms with Gasteiger partial charge in [0.05, 0.1) is 6.61 Å². The van der Waals surface area contributed by atoms with Gasteiger partial charge in [-0.3, -0.25) is 0 Å². The number of nitrogens with zero attached hydrogens (tertiary/aromatic N) is 3. The van der Waals surface area contributed by atoms with E-state index in [4.69, 9.17) is 5.11 Å². The average molecular weight is 193 g/mol. The first-order chi connectivity index (χ1) is 6.81. The molecule has 0 saturated carbocycles. The topological polar surface area (TPSA) is 49.2 Å². The number of hydrogen-bond acceptors (Lipinski definition) is 4. The van der Waals surface area contributed by atoms with E-state index in [1.807, 2.05) is 0 Å². The Labute approximate surface area is 83.6 Å². The van der Waals surface area contributed by atoms with Gasteiger partial charge in [-0.1, -0.05) is 6.92 Å². The van der Waals surface area contributed by atoms with E-state index >= 15 is 0 Å². The molecule has 14 heavy (non-hydrogen) atoms. The second-order valence-electron chi connectivity index (χ2n) is 3.87. The van der Waals surface area contributed by atoms with Gasteiger partial charge in [0.1, 0.15) is 12.1 Å². The van der Waals surface area contributed by atoms with Gasteiger partial charge in [-0.05, 0) is 12.3 Å². The molecule has 1 unspecified atom stereocenters. The molecular formula is C10H15N3O. The van der Waals surface area contributed by atoms with Crippen LogP contribution in [0, 0.1) is 5.92 Å². The number of hydrogen-bond donors (Lipinski definition) is 1. The van der Waals surface area contributed by atoms with E-state index in [-0.39, 0.29) is 6.61 Å². The largest absolute Gasteiger partial charge is 0.391 e. The van der Waals surface area contributed by atoms with Crippen LogP contribution in [0.15, 0.2) is 12.5 Å². The zero-order chi connectivity index (χ0) is 9.97. The summed E-state index contributed by atoms with van der Waals surface area (Å²) >= 11 is 0. The number of aromatic nitrogens is 2. The third-order valence-electron chi connectivity index (χ3n) is 2.66. The molecule has 0 radical (unpaired) electrons. The summed E-state index contributed by atoms with van der Waals surface area (Å²) < 4.78 is 0. The smallest absolute Gasteiger partial charge is 0.137 e. The molecule has 0 spiro atoms. The third-order valence-corrected chi connectivity index (χ3v) is 2.66. The van der Waals surface area contributed by atoms with Crippen molar-refractivity contribution in [3.05, 3.63) is 18.1 Å². The fourth-order valence-electron chi connectivity index (χ4n) is 1.88. The lowest BCUT2D eigenvalue weighted by atomic mass is 10.2. The van der Waals surface area contributed by atoms with Crippen LogP contribution in [0.4, 0.5) is 5.82 Å². The lowest BCUT2D eigenvalue weighted by Gasteiger charge is -2.18. The van der Waals surface area contributed by atoms with Gasteiger partial charge in [0, 0.05) is 24.8 Å². The molecule has 1 atom stereocenters. The molecule has 1 fully saturated rings. The minimum atomic E-state index is 0.0149. The summed E-state index contributed by atoms with van der Waals surface area (Å²) in [5.41, 5.74) is 0.821. The van der Waals surface area contributed by atoms with Crippen LogP contribution in [-0.2, 0) is 6.61 Å². The molecule has 2 heterocycles. The van der Waals surface area contributed by atoms with Crippen LogP contribution < -0.4 is 4.90 Å². The molecule has 76 valence electrons. The fraction of sp³-hybridized carbons (Fsp3) is 0.600. The molecular weight excluding hydrogens is 178 g/mol. The van der Waals surface area contributed by atoms with E-state index in [1.54, 1.807) is 6.20 Å². The highest BCUT2D eigenvalue weighted by molar-refractivity contribution is 5.45. The maximum atomic E-state index is 9.14. The van der Waals surface area contributed by atoms with Gasteiger partial charge in [-0.2, -0.15) is 0 Å². The number of anilines is 1. The summed E-state index contributed by atoms with van der Waals surface area (Å²) in [5.74, 6) is 1.61. The second-order valence-corrected chi connectivity index (χ2v) is 3.87. The number of aliphatic hydroxyl groups is 1. The molecule has 1 aromatic rings. The van der Waals surface area contributed by atoms with Gasteiger partial charge in [0.15, 0.2) is 0 Å². The second kappa shape index (κ2) is 3.92. The average Bonchev–Trinajstić information content (AvgIpc) is 2.65. The van der Waals surface area contributed by atoms with Crippen molar-refractivity contribution in [2.45, 2.75) is 20.0 Å². The maximum Gasteiger partial charge on any atom is 0.137 e. The number of aliphatic hydroxyl groups excluding tert-OH is 1. The monoisotopic (exact) mass is 193 g/mol. The van der Waals surface area contributed by atoms with E-state index in [9.17, 15) is 0 Å². The predicted octanol–water partition coefficient (Wildman–Crippen LogP) is 0.815. The van der Waals surface area contributed by atoms with Crippen molar-refractivity contribution in [3.63, 3.8) is 0 Å². The summed E-state index contributed by atoms with van der Waals surface area (Å²) in [6.45, 7) is 4.32. The molecule has 1 aliphatic heterocycles. The van der Waals surface area contributed by atoms with Crippen molar-refractivity contribution in [1.82, 2.24) is 9.97 Å². The first-order valence-electron chi connectivity index (χ1n) is 4.96. The van der Waals surface area contributed by atoms with Crippen molar-refractivity contribution in [2.24, 2.45) is 5.92 Å². The highest BCUT2D eigenvalue weighted by atomic mass is 16.3. The van der Waals surface area contributed by atoms with Crippen molar-refractivity contribution >= 4 is 5.82 Å². The summed E-state index contributed by atoms with van der Waals surface area (Å²) in [5, 5.41) is 9.14. The Hall–Kier alpha value is -1.16. The summed E-state index contributed by atoms with van der Waals surface area (Å²) in [6.07, 6.45) is 4.43. The lowest BCUT2D eigenvalue weighted by molar-refractivity contribution is 0.281. The van der Waals surface area contributed by atoms with Crippen LogP contribution in [0.5, 0.6) is 0 Å². The van der Waals surface area contributed by atoms with Crippen molar-refractivity contribution in [3.8, 4) is 0 Å². The SMILES string of the molecule is CC1CCN(c2ncncc2CO)C1. The Morgan fingerprint density at radius 2 is 2.50 bits per heavy atom. The van der Waals surface area contributed by atoms with Gasteiger partial charge in [0.2, 0.25) is 0 Å². The van der Waals surface area contributed by atoms with Crippen LogP contribution in [0.3, 0.4) is 0 Å². The number of rotatable bonds is 2. The highest BCUT2D eigenvalue weighted by Gasteiger charge is 2.21. The standard InChI is InChI=1S/C10H15N3O/c1-8-2-3-13(5-8)10-9(6-14)4-11-7-12-10/h4,7-8,14H,2-3,5-6H2,1H3. The lowest BCUT2D eigenvalue weighted by Crippen LogP contribution is -2.22. The van der Waals surface area contributed by atoms with Gasteiger partial charge in [-0.15, -0.1) is 0 Å². The molecule has 1 N–H and O–H groups in total. The zero-order valence-corrected chi connectivity index (χ0v) is 8.35. The normalized spacial score (nSPS) is 21.6. The molecule has 1 saturated heterocycles. The van der Waals surface area contributed by atoms with Crippen LogP contribution in [0.1, 0.15) is 18.9 Å². The summed E-state index contributed by atoms with van der Waals surface area (Å²) in [4.78, 5) is 10.3. The van der Waals surface area contributed by atoms with E-state index in [2.05, 4.69) is 21.8 Å². The van der Waals surface area contributed by atoms with Gasteiger partial charge < -0.3 is 10.0 Å². The maximum absolute atomic E-state index is 9.14. The van der Waals surface area contributed by atoms with E-state index in [0.717, 1.165) is 30.4 Å². The van der Waals surface area contributed by atoms with Crippen molar-refractivity contribution < 1.29 is 5.11 Å². The molecule has 4 nitrogen and oxygen atoms in total. The van der Waals surface area contributed by atoms with Crippen LogP contribution in [0.25, 0.3) is 0 Å². The molecule has 1 aliphatic rings. The Morgan fingerprint density at radius 1 is 1.64 bits per heavy atom. The molecule has 4 heteroatoms. The highest BCUT2D eigenvalue weighted by Crippen LogP contribution is 2.23. The molecule has 0 aromatic carbocycles. The quantitative estimate of drug-likeness (QED) is 0.755. The molecule has 0 aliphatic carbocycles. The van der Waals surface area contributed by atoms with Crippen molar-refractivity contribution in [2.75, 3.05) is 18.0 Å². The summed E-state index contributed by atoms with van der Waals surface area (Å²) in [6, 6.07) is 0. The third kappa shape index (κ3) is 1.70. The first-order valence-corrected chi connectivity index (χ1v) is 4.96. The minimum Gasteiger partial charge on any atom is -0.391 e. The van der Waals surface area contributed by atoms with E-state index in [1.165, 1.54) is 12.7 Å². The van der Waals surface area contributed by atoms with Gasteiger partial charge >= 0.3 is 0 Å². The molecule has 1 aromatic heterocycles. The predicted molar refractivity (Wildman–Crippen MR) is 53.9 cm³/mol. The zero-order valence-electron chi connectivity index (χ0n) is 8.35. The summed E-state index contributed by atoms with van der Waals surface area (Å²) in [7, 11) is 0. The fourth-order valence-corrected chi connectivity index (χ4v) is 1.88. The minimum absolute atomic E-state index is 0.0149. The van der Waals surface area contributed by atoms with E-state index < -0.39 is 0 Å². The Bertz CT molecular complexity index is 316. The molecule has 0 bridgehead atoms. The molecule has 0 amide bonds. The molecule has 2 rings (SSSR count). The van der Waals surface area contributed by atoms with Crippen LogP contribution >= 0.6 is 0 Å². The Morgan fingerprint density at radius 3 is 3.14 bits per heavy atom.